The third-order valence-electron chi connectivity index (χ3n) is 1.74. The molecule has 0 bridgehead atoms. The van der Waals surface area contributed by atoms with Crippen molar-refractivity contribution in [2.24, 2.45) is 4.99 Å². The Morgan fingerprint density at radius 2 is 2.09 bits per heavy atom. The molecule has 0 N–H and O–H groups in total. The number of ether oxygens (including phenoxy) is 1. The van der Waals surface area contributed by atoms with Crippen molar-refractivity contribution < 1.29 is 4.74 Å². The van der Waals surface area contributed by atoms with Gasteiger partial charge in [0.05, 0.1) is 6.54 Å². The molecule has 0 aromatic heterocycles. The van der Waals surface area contributed by atoms with E-state index in [1.165, 1.54) is 12.0 Å². The lowest BCUT2D eigenvalue weighted by Gasteiger charge is -2.07. The van der Waals surface area contributed by atoms with Crippen LogP contribution in [0.2, 0.25) is 0 Å². The van der Waals surface area contributed by atoms with Gasteiger partial charge in [-0.25, -0.2) is 0 Å². The molecule has 1 aliphatic rings. The van der Waals surface area contributed by atoms with E-state index in [9.17, 15) is 0 Å². The normalized spacial score (nSPS) is 21.6. The van der Waals surface area contributed by atoms with Gasteiger partial charge in [-0.15, -0.1) is 0 Å². The first-order chi connectivity index (χ1) is 5.47. The van der Waals surface area contributed by atoms with E-state index in [0.29, 0.717) is 0 Å². The smallest absolute Gasteiger partial charge is 0.170 e. The van der Waals surface area contributed by atoms with Crippen LogP contribution in [0.15, 0.2) is 35.3 Å². The van der Waals surface area contributed by atoms with Crippen LogP contribution >= 0.6 is 0 Å². The number of aliphatic imine (C=N–C) groups is 1. The Morgan fingerprint density at radius 3 is 2.73 bits per heavy atom. The number of benzene rings is 1. The summed E-state index contributed by atoms with van der Waals surface area (Å²) in [7, 11) is 0. The average Bonchev–Trinajstić information content (AvgIpc) is 2.58. The van der Waals surface area contributed by atoms with Crippen molar-refractivity contribution >= 4 is 6.40 Å². The molecule has 11 heavy (non-hydrogen) atoms. The van der Waals surface area contributed by atoms with Crippen molar-refractivity contribution in [1.29, 1.82) is 0 Å². The molecule has 56 valence electrons. The van der Waals surface area contributed by atoms with Gasteiger partial charge in [-0.1, -0.05) is 30.3 Å². The lowest BCUT2D eigenvalue weighted by Crippen LogP contribution is -1.99. The van der Waals surface area contributed by atoms with E-state index in [1.54, 1.807) is 0 Å². The fourth-order valence-electron chi connectivity index (χ4n) is 1.15. The van der Waals surface area contributed by atoms with E-state index in [1.807, 2.05) is 18.2 Å². The number of hydrogen-bond donors (Lipinski definition) is 0. The molecule has 0 saturated heterocycles. The summed E-state index contributed by atoms with van der Waals surface area (Å²) in [6, 6.07) is 10.1. The van der Waals surface area contributed by atoms with E-state index < -0.39 is 0 Å². The predicted molar refractivity (Wildman–Crippen MR) is 43.6 cm³/mol. The summed E-state index contributed by atoms with van der Waals surface area (Å²) in [6.07, 6.45) is 1.67. The van der Waals surface area contributed by atoms with Crippen LogP contribution in [-0.2, 0) is 4.74 Å². The zero-order chi connectivity index (χ0) is 7.52. The zero-order valence-corrected chi connectivity index (χ0v) is 6.10. The molecular weight excluding hydrogens is 138 g/mol. The first-order valence-corrected chi connectivity index (χ1v) is 3.65. The SMILES string of the molecule is C1=NCC(c2ccccc2)O1. The standard InChI is InChI=1S/C9H9NO/c1-2-4-8(5-3-1)9-6-10-7-11-9/h1-5,7,9H,6H2. The van der Waals surface area contributed by atoms with Gasteiger partial charge in [0, 0.05) is 0 Å². The molecule has 1 aromatic carbocycles. The van der Waals surface area contributed by atoms with Gasteiger partial charge in [-0.2, -0.15) is 0 Å². The molecule has 2 nitrogen and oxygen atoms in total. The van der Waals surface area contributed by atoms with Crippen molar-refractivity contribution in [1.82, 2.24) is 0 Å². The van der Waals surface area contributed by atoms with Gasteiger partial charge in [0.2, 0.25) is 0 Å². The molecule has 0 fully saturated rings. The Bertz CT molecular complexity index is 248. The van der Waals surface area contributed by atoms with E-state index in [4.69, 9.17) is 4.74 Å². The Kier molecular flexibility index (Phi) is 1.60. The molecule has 0 amide bonds. The fourth-order valence-corrected chi connectivity index (χ4v) is 1.15. The molecule has 1 heterocycles. The van der Waals surface area contributed by atoms with Crippen molar-refractivity contribution in [2.75, 3.05) is 6.54 Å². The number of hydrogen-bond acceptors (Lipinski definition) is 2. The zero-order valence-electron chi connectivity index (χ0n) is 6.10. The molecule has 0 saturated carbocycles. The second-order valence-electron chi connectivity index (χ2n) is 2.51. The summed E-state index contributed by atoms with van der Waals surface area (Å²) in [5.74, 6) is 0. The minimum Gasteiger partial charge on any atom is -0.474 e. The summed E-state index contributed by atoms with van der Waals surface area (Å²) in [5, 5.41) is 0. The van der Waals surface area contributed by atoms with Crippen molar-refractivity contribution in [3.63, 3.8) is 0 Å². The van der Waals surface area contributed by atoms with Crippen LogP contribution in [0.1, 0.15) is 11.7 Å². The fraction of sp³-hybridized carbons (Fsp3) is 0.222. The van der Waals surface area contributed by atoms with E-state index in [-0.39, 0.29) is 6.10 Å². The summed E-state index contributed by atoms with van der Waals surface area (Å²) in [4.78, 5) is 3.99. The minimum atomic E-state index is 0.149. The van der Waals surface area contributed by atoms with E-state index in [0.717, 1.165) is 6.54 Å². The van der Waals surface area contributed by atoms with Crippen LogP contribution in [0.25, 0.3) is 0 Å². The van der Waals surface area contributed by atoms with Gasteiger partial charge in [0.1, 0.15) is 6.10 Å². The van der Waals surface area contributed by atoms with Crippen molar-refractivity contribution in [3.8, 4) is 0 Å². The molecular formula is C9H9NO. The van der Waals surface area contributed by atoms with E-state index in [2.05, 4.69) is 17.1 Å². The highest BCUT2D eigenvalue weighted by molar-refractivity contribution is 5.49. The van der Waals surface area contributed by atoms with Crippen LogP contribution < -0.4 is 0 Å². The summed E-state index contributed by atoms with van der Waals surface area (Å²) in [5.41, 5.74) is 1.20. The molecule has 1 atom stereocenters. The molecule has 2 rings (SSSR count). The van der Waals surface area contributed by atoms with Gasteiger partial charge < -0.3 is 4.74 Å². The summed E-state index contributed by atoms with van der Waals surface area (Å²) < 4.78 is 5.25. The lowest BCUT2D eigenvalue weighted by atomic mass is 10.1. The Hall–Kier alpha value is -1.31. The topological polar surface area (TPSA) is 21.6 Å². The lowest BCUT2D eigenvalue weighted by molar-refractivity contribution is 0.240. The molecule has 0 spiro atoms. The second-order valence-corrected chi connectivity index (χ2v) is 2.51. The second kappa shape index (κ2) is 2.74. The minimum absolute atomic E-state index is 0.149. The Labute approximate surface area is 65.5 Å². The largest absolute Gasteiger partial charge is 0.474 e. The highest BCUT2D eigenvalue weighted by Gasteiger charge is 2.13. The monoisotopic (exact) mass is 147 g/mol. The van der Waals surface area contributed by atoms with Crippen LogP contribution in [0.5, 0.6) is 0 Å². The van der Waals surface area contributed by atoms with Crippen molar-refractivity contribution in [3.05, 3.63) is 35.9 Å². The molecule has 0 aliphatic carbocycles. The van der Waals surface area contributed by atoms with Crippen LogP contribution in [0, 0.1) is 0 Å². The average molecular weight is 147 g/mol. The van der Waals surface area contributed by atoms with Gasteiger partial charge in [0.25, 0.3) is 0 Å². The van der Waals surface area contributed by atoms with Crippen molar-refractivity contribution in [2.45, 2.75) is 6.10 Å². The van der Waals surface area contributed by atoms with Crippen LogP contribution in [0.4, 0.5) is 0 Å². The maximum absolute atomic E-state index is 5.25. The Balaban J connectivity index is 2.17. The summed E-state index contributed by atoms with van der Waals surface area (Å²) >= 11 is 0. The van der Waals surface area contributed by atoms with Crippen LogP contribution in [0.3, 0.4) is 0 Å². The molecule has 2 heteroatoms. The van der Waals surface area contributed by atoms with Crippen LogP contribution in [-0.4, -0.2) is 12.9 Å². The molecule has 1 aromatic rings. The molecule has 0 radical (unpaired) electrons. The van der Waals surface area contributed by atoms with Gasteiger partial charge in [0.15, 0.2) is 6.40 Å². The van der Waals surface area contributed by atoms with E-state index >= 15 is 0 Å². The van der Waals surface area contributed by atoms with Gasteiger partial charge in [-0.3, -0.25) is 4.99 Å². The molecule has 1 aliphatic heterocycles. The quantitative estimate of drug-likeness (QED) is 0.593. The highest BCUT2D eigenvalue weighted by Crippen LogP contribution is 2.19. The Morgan fingerprint density at radius 1 is 1.27 bits per heavy atom. The first kappa shape index (κ1) is 6.40. The maximum atomic E-state index is 5.25. The number of rotatable bonds is 1. The predicted octanol–water partition coefficient (Wildman–Crippen LogP) is 1.79. The summed E-state index contributed by atoms with van der Waals surface area (Å²) in [6.45, 7) is 0.754. The first-order valence-electron chi connectivity index (χ1n) is 3.65. The number of nitrogens with zero attached hydrogens (tertiary/aromatic N) is 1. The molecule has 1 unspecified atom stereocenters. The van der Waals surface area contributed by atoms with Gasteiger partial charge >= 0.3 is 0 Å². The highest BCUT2D eigenvalue weighted by atomic mass is 16.5. The third kappa shape index (κ3) is 1.24. The maximum Gasteiger partial charge on any atom is 0.170 e. The van der Waals surface area contributed by atoms with Gasteiger partial charge in [-0.05, 0) is 5.56 Å². The third-order valence-corrected chi connectivity index (χ3v) is 1.74.